The van der Waals surface area contributed by atoms with E-state index in [0.29, 0.717) is 6.10 Å². The van der Waals surface area contributed by atoms with Crippen LogP contribution in [0.15, 0.2) is 5.38 Å². The molecule has 0 bridgehead atoms. The van der Waals surface area contributed by atoms with E-state index in [1.54, 1.807) is 11.3 Å². The van der Waals surface area contributed by atoms with Gasteiger partial charge in [-0.1, -0.05) is 6.92 Å². The standard InChI is InChI=1S/C13H22N2OS/c1-4-14-13(12-15-10(2)9-17-12)7-5-6-11(8-13)16-3/h9,11,14H,4-8H2,1-3H3. The first-order valence-electron chi connectivity index (χ1n) is 6.40. The molecule has 1 fully saturated rings. The topological polar surface area (TPSA) is 34.2 Å². The molecule has 2 atom stereocenters. The smallest absolute Gasteiger partial charge is 0.113 e. The normalized spacial score (nSPS) is 29.5. The molecule has 1 aliphatic rings. The first-order chi connectivity index (χ1) is 8.20. The SMILES string of the molecule is CCNC1(c2nc(C)cs2)CCCC(OC)C1. The maximum atomic E-state index is 5.56. The minimum atomic E-state index is 0.0482. The van der Waals surface area contributed by atoms with E-state index in [-0.39, 0.29) is 5.54 Å². The van der Waals surface area contributed by atoms with Crippen LogP contribution in [0.5, 0.6) is 0 Å². The molecule has 0 radical (unpaired) electrons. The van der Waals surface area contributed by atoms with Crippen molar-refractivity contribution in [2.45, 2.75) is 51.2 Å². The first kappa shape index (κ1) is 13.0. The fraction of sp³-hybridized carbons (Fsp3) is 0.769. The minimum absolute atomic E-state index is 0.0482. The van der Waals surface area contributed by atoms with Gasteiger partial charge in [0.1, 0.15) is 5.01 Å². The lowest BCUT2D eigenvalue weighted by molar-refractivity contribution is 0.0296. The highest BCUT2D eigenvalue weighted by Crippen LogP contribution is 2.39. The summed E-state index contributed by atoms with van der Waals surface area (Å²) in [5.74, 6) is 0. The Hall–Kier alpha value is -0.450. The van der Waals surface area contributed by atoms with Crippen molar-refractivity contribution >= 4 is 11.3 Å². The summed E-state index contributed by atoms with van der Waals surface area (Å²) in [4.78, 5) is 4.69. The zero-order chi connectivity index (χ0) is 12.3. The van der Waals surface area contributed by atoms with E-state index in [9.17, 15) is 0 Å². The molecule has 0 spiro atoms. The Balaban J connectivity index is 2.25. The molecule has 4 heteroatoms. The van der Waals surface area contributed by atoms with Crippen LogP contribution in [0.1, 0.15) is 43.3 Å². The molecular formula is C13H22N2OS. The van der Waals surface area contributed by atoms with Crippen LogP contribution in [-0.4, -0.2) is 24.7 Å². The van der Waals surface area contributed by atoms with Gasteiger partial charge < -0.3 is 10.1 Å². The second-order valence-electron chi connectivity index (χ2n) is 4.86. The predicted octanol–water partition coefficient (Wildman–Crippen LogP) is 2.85. The van der Waals surface area contributed by atoms with Crippen molar-refractivity contribution in [1.29, 1.82) is 0 Å². The Morgan fingerprint density at radius 3 is 3.06 bits per heavy atom. The van der Waals surface area contributed by atoms with Crippen molar-refractivity contribution in [3.63, 3.8) is 0 Å². The van der Waals surface area contributed by atoms with E-state index in [2.05, 4.69) is 24.5 Å². The number of aryl methyl sites for hydroxylation is 1. The number of hydrogen-bond donors (Lipinski definition) is 1. The Kier molecular flexibility index (Phi) is 4.17. The zero-order valence-corrected chi connectivity index (χ0v) is 11.8. The average Bonchev–Trinajstić information content (AvgIpc) is 2.77. The number of thiazole rings is 1. The number of hydrogen-bond acceptors (Lipinski definition) is 4. The molecule has 1 aliphatic carbocycles. The molecule has 0 amide bonds. The van der Waals surface area contributed by atoms with Gasteiger partial charge in [-0.05, 0) is 39.2 Å². The van der Waals surface area contributed by atoms with E-state index in [0.717, 1.165) is 18.7 Å². The van der Waals surface area contributed by atoms with Crippen LogP contribution in [0.2, 0.25) is 0 Å². The van der Waals surface area contributed by atoms with Gasteiger partial charge in [-0.15, -0.1) is 11.3 Å². The van der Waals surface area contributed by atoms with Gasteiger partial charge in [0.05, 0.1) is 11.6 Å². The maximum Gasteiger partial charge on any atom is 0.113 e. The van der Waals surface area contributed by atoms with E-state index in [4.69, 9.17) is 9.72 Å². The van der Waals surface area contributed by atoms with Gasteiger partial charge in [0.2, 0.25) is 0 Å². The molecule has 1 N–H and O–H groups in total. The minimum Gasteiger partial charge on any atom is -0.381 e. The summed E-state index contributed by atoms with van der Waals surface area (Å²) in [6, 6.07) is 0. The second kappa shape index (κ2) is 5.46. The van der Waals surface area contributed by atoms with Gasteiger partial charge in [-0.25, -0.2) is 4.98 Å². The highest BCUT2D eigenvalue weighted by molar-refractivity contribution is 7.09. The monoisotopic (exact) mass is 254 g/mol. The van der Waals surface area contributed by atoms with Gasteiger partial charge in [0.15, 0.2) is 0 Å². The van der Waals surface area contributed by atoms with Crippen LogP contribution >= 0.6 is 11.3 Å². The number of nitrogens with one attached hydrogen (secondary N) is 1. The van der Waals surface area contributed by atoms with Crippen LogP contribution in [-0.2, 0) is 10.3 Å². The van der Waals surface area contributed by atoms with Crippen molar-refractivity contribution < 1.29 is 4.74 Å². The molecular weight excluding hydrogens is 232 g/mol. The third kappa shape index (κ3) is 2.69. The highest BCUT2D eigenvalue weighted by Gasteiger charge is 2.39. The summed E-state index contributed by atoms with van der Waals surface area (Å²) < 4.78 is 5.56. The number of aromatic nitrogens is 1. The van der Waals surface area contributed by atoms with Crippen molar-refractivity contribution in [1.82, 2.24) is 10.3 Å². The molecule has 3 nitrogen and oxygen atoms in total. The van der Waals surface area contributed by atoms with Crippen LogP contribution in [0.3, 0.4) is 0 Å². The van der Waals surface area contributed by atoms with E-state index >= 15 is 0 Å². The first-order valence-corrected chi connectivity index (χ1v) is 7.28. The van der Waals surface area contributed by atoms with Gasteiger partial charge in [-0.3, -0.25) is 0 Å². The lowest BCUT2D eigenvalue weighted by Crippen LogP contribution is -2.47. The Morgan fingerprint density at radius 2 is 2.47 bits per heavy atom. The molecule has 1 aromatic heterocycles. The molecule has 2 unspecified atom stereocenters. The largest absolute Gasteiger partial charge is 0.381 e. The summed E-state index contributed by atoms with van der Waals surface area (Å²) in [5, 5.41) is 7.04. The number of ether oxygens (including phenoxy) is 1. The third-order valence-electron chi connectivity index (χ3n) is 3.58. The molecule has 1 aromatic rings. The van der Waals surface area contributed by atoms with Crippen molar-refractivity contribution in [2.75, 3.05) is 13.7 Å². The molecule has 1 saturated carbocycles. The predicted molar refractivity (Wildman–Crippen MR) is 71.5 cm³/mol. The molecule has 17 heavy (non-hydrogen) atoms. The Labute approximate surface area is 108 Å². The van der Waals surface area contributed by atoms with Gasteiger partial charge >= 0.3 is 0 Å². The molecule has 1 heterocycles. The molecule has 0 saturated heterocycles. The molecule has 0 aromatic carbocycles. The lowest BCUT2D eigenvalue weighted by atomic mass is 9.80. The molecule has 2 rings (SSSR count). The maximum absolute atomic E-state index is 5.56. The second-order valence-corrected chi connectivity index (χ2v) is 5.72. The van der Waals surface area contributed by atoms with Gasteiger partial charge in [0.25, 0.3) is 0 Å². The summed E-state index contributed by atoms with van der Waals surface area (Å²) >= 11 is 1.78. The van der Waals surface area contributed by atoms with Crippen molar-refractivity contribution in [3.05, 3.63) is 16.1 Å². The third-order valence-corrected chi connectivity index (χ3v) is 4.75. The zero-order valence-electron chi connectivity index (χ0n) is 11.0. The highest BCUT2D eigenvalue weighted by atomic mass is 32.1. The van der Waals surface area contributed by atoms with E-state index in [1.807, 2.05) is 7.11 Å². The average molecular weight is 254 g/mol. The molecule has 96 valence electrons. The van der Waals surface area contributed by atoms with Crippen LogP contribution in [0.4, 0.5) is 0 Å². The fourth-order valence-electron chi connectivity index (χ4n) is 2.77. The fourth-order valence-corrected chi connectivity index (χ4v) is 3.78. The van der Waals surface area contributed by atoms with Gasteiger partial charge in [0, 0.05) is 18.2 Å². The van der Waals surface area contributed by atoms with Crippen LogP contribution < -0.4 is 5.32 Å². The number of nitrogens with zero attached hydrogens (tertiary/aromatic N) is 1. The number of methoxy groups -OCH3 is 1. The quantitative estimate of drug-likeness (QED) is 0.897. The van der Waals surface area contributed by atoms with Crippen LogP contribution in [0.25, 0.3) is 0 Å². The Bertz CT molecular complexity index is 362. The van der Waals surface area contributed by atoms with E-state index < -0.39 is 0 Å². The summed E-state index contributed by atoms with van der Waals surface area (Å²) in [6.07, 6.45) is 4.97. The summed E-state index contributed by atoms with van der Waals surface area (Å²) in [5.41, 5.74) is 1.17. The lowest BCUT2D eigenvalue weighted by Gasteiger charge is -2.39. The summed E-state index contributed by atoms with van der Waals surface area (Å²) in [6.45, 7) is 5.21. The molecule has 0 aliphatic heterocycles. The van der Waals surface area contributed by atoms with E-state index in [1.165, 1.54) is 24.3 Å². The van der Waals surface area contributed by atoms with Crippen molar-refractivity contribution in [2.24, 2.45) is 0 Å². The number of rotatable bonds is 4. The summed E-state index contributed by atoms with van der Waals surface area (Å²) in [7, 11) is 1.82. The Morgan fingerprint density at radius 1 is 1.65 bits per heavy atom. The van der Waals surface area contributed by atoms with Crippen LogP contribution in [0, 0.1) is 6.92 Å². The van der Waals surface area contributed by atoms with Gasteiger partial charge in [-0.2, -0.15) is 0 Å². The van der Waals surface area contributed by atoms with Crippen molar-refractivity contribution in [3.8, 4) is 0 Å².